The average molecular weight is 377 g/mol. The van der Waals surface area contributed by atoms with Gasteiger partial charge in [-0.15, -0.1) is 0 Å². The first kappa shape index (κ1) is 18.3. The average Bonchev–Trinajstić information content (AvgIpc) is 3.29. The van der Waals surface area contributed by atoms with E-state index in [9.17, 15) is 4.79 Å². The van der Waals surface area contributed by atoms with E-state index < -0.39 is 0 Å². The number of likely N-dealkylation sites (tertiary alicyclic amines) is 1. The molecule has 4 rings (SSSR count). The summed E-state index contributed by atoms with van der Waals surface area (Å²) in [5.41, 5.74) is 4.99. The molecule has 0 radical (unpaired) electrons. The van der Waals surface area contributed by atoms with E-state index in [1.807, 2.05) is 44.0 Å². The summed E-state index contributed by atoms with van der Waals surface area (Å²) in [5, 5.41) is 3.97. The van der Waals surface area contributed by atoms with Gasteiger partial charge in [-0.25, -0.2) is 0 Å². The van der Waals surface area contributed by atoms with Gasteiger partial charge < -0.3 is 9.42 Å². The summed E-state index contributed by atoms with van der Waals surface area (Å²) in [5.74, 6) is 1.19. The van der Waals surface area contributed by atoms with E-state index in [0.29, 0.717) is 11.5 Å². The molecule has 144 valence electrons. The van der Waals surface area contributed by atoms with E-state index in [0.717, 1.165) is 60.0 Å². The molecule has 28 heavy (non-hydrogen) atoms. The number of nitrogens with zero attached hydrogens (tertiary/aromatic N) is 5. The van der Waals surface area contributed by atoms with E-state index in [1.165, 1.54) is 0 Å². The van der Waals surface area contributed by atoms with Crippen LogP contribution in [0, 0.1) is 26.7 Å². The van der Waals surface area contributed by atoms with Crippen LogP contribution < -0.4 is 0 Å². The molecule has 1 aliphatic heterocycles. The van der Waals surface area contributed by atoms with Crippen LogP contribution in [-0.4, -0.2) is 44.0 Å². The van der Waals surface area contributed by atoms with E-state index >= 15 is 0 Å². The topological polar surface area (TPSA) is 85.0 Å². The molecule has 7 nitrogen and oxygen atoms in total. The summed E-state index contributed by atoms with van der Waals surface area (Å²) >= 11 is 0. The monoisotopic (exact) mass is 377 g/mol. The van der Waals surface area contributed by atoms with Gasteiger partial charge in [0.15, 0.2) is 0 Å². The van der Waals surface area contributed by atoms with E-state index in [2.05, 4.69) is 20.1 Å². The van der Waals surface area contributed by atoms with Gasteiger partial charge in [-0.2, -0.15) is 0 Å². The zero-order valence-electron chi connectivity index (χ0n) is 16.3. The molecule has 1 amide bonds. The van der Waals surface area contributed by atoms with E-state index in [1.54, 1.807) is 12.4 Å². The molecule has 0 spiro atoms. The van der Waals surface area contributed by atoms with E-state index in [4.69, 9.17) is 4.52 Å². The van der Waals surface area contributed by atoms with Crippen LogP contribution in [0.5, 0.6) is 0 Å². The number of aromatic nitrogens is 4. The van der Waals surface area contributed by atoms with Gasteiger partial charge in [-0.3, -0.25) is 19.7 Å². The van der Waals surface area contributed by atoms with Gasteiger partial charge in [0.25, 0.3) is 5.91 Å². The highest BCUT2D eigenvalue weighted by Gasteiger charge is 2.27. The quantitative estimate of drug-likeness (QED) is 0.694. The third-order valence-corrected chi connectivity index (χ3v) is 5.22. The Balaban J connectivity index is 1.39. The number of pyridine rings is 1. The van der Waals surface area contributed by atoms with Gasteiger partial charge in [0, 0.05) is 31.2 Å². The first-order chi connectivity index (χ1) is 13.5. The number of hydrogen-bond donors (Lipinski definition) is 0. The van der Waals surface area contributed by atoms with Crippen molar-refractivity contribution < 1.29 is 9.32 Å². The summed E-state index contributed by atoms with van der Waals surface area (Å²) in [7, 11) is 0. The molecular weight excluding hydrogens is 354 g/mol. The zero-order chi connectivity index (χ0) is 19.7. The Morgan fingerprint density at radius 1 is 1.14 bits per heavy atom. The molecule has 0 aliphatic carbocycles. The van der Waals surface area contributed by atoms with Crippen LogP contribution in [0.3, 0.4) is 0 Å². The third kappa shape index (κ3) is 3.65. The molecule has 1 aliphatic rings. The Morgan fingerprint density at radius 2 is 2.00 bits per heavy atom. The number of carbonyl (C=O) groups is 1. The lowest BCUT2D eigenvalue weighted by atomic mass is 10.0. The number of hydrogen-bond acceptors (Lipinski definition) is 6. The Hall–Kier alpha value is -3.09. The first-order valence-electron chi connectivity index (χ1n) is 9.47. The van der Waals surface area contributed by atoms with Crippen molar-refractivity contribution in [1.29, 1.82) is 0 Å². The summed E-state index contributed by atoms with van der Waals surface area (Å²) in [6, 6.07) is 3.72. The van der Waals surface area contributed by atoms with Crippen LogP contribution in [0.2, 0.25) is 0 Å². The van der Waals surface area contributed by atoms with Crippen molar-refractivity contribution in [3.63, 3.8) is 0 Å². The second-order valence-corrected chi connectivity index (χ2v) is 7.39. The maximum absolute atomic E-state index is 12.6. The molecule has 1 saturated heterocycles. The summed E-state index contributed by atoms with van der Waals surface area (Å²) in [6.07, 6.45) is 7.03. The molecule has 3 aromatic heterocycles. The van der Waals surface area contributed by atoms with Crippen molar-refractivity contribution in [1.82, 2.24) is 25.0 Å². The molecular formula is C21H23N5O2. The SMILES string of the molecule is Cc1ccc(C(=O)N2CC[C@H](Cc3cnc(-c4c(C)noc4C)cn3)C2)cn1. The number of carbonyl (C=O) groups excluding carboxylic acids is 1. The Morgan fingerprint density at radius 3 is 2.64 bits per heavy atom. The molecule has 1 atom stereocenters. The fourth-order valence-corrected chi connectivity index (χ4v) is 3.69. The van der Waals surface area contributed by atoms with Gasteiger partial charge in [-0.1, -0.05) is 5.16 Å². The Bertz CT molecular complexity index is 960. The molecule has 0 saturated carbocycles. The van der Waals surface area contributed by atoms with Crippen LogP contribution >= 0.6 is 0 Å². The highest BCUT2D eigenvalue weighted by Crippen LogP contribution is 2.25. The highest BCUT2D eigenvalue weighted by atomic mass is 16.5. The van der Waals surface area contributed by atoms with Crippen LogP contribution in [0.1, 0.15) is 39.6 Å². The fraction of sp³-hybridized carbons (Fsp3) is 0.381. The minimum atomic E-state index is 0.0508. The van der Waals surface area contributed by atoms with Crippen molar-refractivity contribution in [3.05, 3.63) is 59.1 Å². The lowest BCUT2D eigenvalue weighted by molar-refractivity contribution is 0.0786. The fourth-order valence-electron chi connectivity index (χ4n) is 3.69. The van der Waals surface area contributed by atoms with Crippen molar-refractivity contribution in [3.8, 4) is 11.3 Å². The summed E-state index contributed by atoms with van der Waals surface area (Å²) in [6.45, 7) is 7.19. The predicted molar refractivity (Wildman–Crippen MR) is 104 cm³/mol. The van der Waals surface area contributed by atoms with Crippen molar-refractivity contribution >= 4 is 5.91 Å². The molecule has 1 fully saturated rings. The zero-order valence-corrected chi connectivity index (χ0v) is 16.3. The smallest absolute Gasteiger partial charge is 0.255 e. The van der Waals surface area contributed by atoms with Gasteiger partial charge in [0.2, 0.25) is 0 Å². The van der Waals surface area contributed by atoms with E-state index in [-0.39, 0.29) is 5.91 Å². The van der Waals surface area contributed by atoms with Crippen molar-refractivity contribution in [2.45, 2.75) is 33.6 Å². The normalized spacial score (nSPS) is 16.5. The Labute approximate surface area is 163 Å². The maximum atomic E-state index is 12.6. The number of rotatable bonds is 4. The lowest BCUT2D eigenvalue weighted by Gasteiger charge is -2.16. The minimum Gasteiger partial charge on any atom is -0.361 e. The van der Waals surface area contributed by atoms with Crippen LogP contribution in [0.25, 0.3) is 11.3 Å². The summed E-state index contributed by atoms with van der Waals surface area (Å²) in [4.78, 5) is 27.9. The predicted octanol–water partition coefficient (Wildman–Crippen LogP) is 3.16. The Kier molecular flexibility index (Phi) is 4.90. The van der Waals surface area contributed by atoms with Crippen LogP contribution in [-0.2, 0) is 6.42 Å². The largest absolute Gasteiger partial charge is 0.361 e. The molecule has 4 heterocycles. The second-order valence-electron chi connectivity index (χ2n) is 7.39. The number of aryl methyl sites for hydroxylation is 3. The van der Waals surface area contributed by atoms with Gasteiger partial charge in [-0.05, 0) is 51.7 Å². The summed E-state index contributed by atoms with van der Waals surface area (Å²) < 4.78 is 5.21. The minimum absolute atomic E-state index is 0.0508. The molecule has 3 aromatic rings. The van der Waals surface area contributed by atoms with Crippen LogP contribution in [0.15, 0.2) is 35.2 Å². The molecule has 0 aromatic carbocycles. The second kappa shape index (κ2) is 7.50. The molecule has 0 unspecified atom stereocenters. The van der Waals surface area contributed by atoms with Crippen LogP contribution in [0.4, 0.5) is 0 Å². The standard InChI is InChI=1S/C21H23N5O2/c1-13-4-5-17(9-22-13)21(27)26-7-6-16(12-26)8-18-10-24-19(11-23-18)20-14(2)25-28-15(20)3/h4-5,9-11,16H,6-8,12H2,1-3H3/t16-/m1/s1. The van der Waals surface area contributed by atoms with Gasteiger partial charge in [0.1, 0.15) is 5.76 Å². The molecule has 0 N–H and O–H groups in total. The maximum Gasteiger partial charge on any atom is 0.255 e. The first-order valence-corrected chi connectivity index (χ1v) is 9.47. The highest BCUT2D eigenvalue weighted by molar-refractivity contribution is 5.94. The lowest BCUT2D eigenvalue weighted by Crippen LogP contribution is -2.29. The molecule has 0 bridgehead atoms. The van der Waals surface area contributed by atoms with Crippen molar-refractivity contribution in [2.75, 3.05) is 13.1 Å². The molecule has 7 heteroatoms. The van der Waals surface area contributed by atoms with Crippen molar-refractivity contribution in [2.24, 2.45) is 5.92 Å². The third-order valence-electron chi connectivity index (χ3n) is 5.22. The van der Waals surface area contributed by atoms with Gasteiger partial charge >= 0.3 is 0 Å². The van der Waals surface area contributed by atoms with Gasteiger partial charge in [0.05, 0.1) is 34.4 Å². The number of amides is 1.